The molecule has 0 aromatic heterocycles. The molecule has 4 heterocycles. The highest BCUT2D eigenvalue weighted by atomic mass is 16.2. The van der Waals surface area contributed by atoms with E-state index >= 15 is 0 Å². The average molecular weight is 721 g/mol. The largest absolute Gasteiger partial charge is 0.371 e. The van der Waals surface area contributed by atoms with Crippen LogP contribution in [0.5, 0.6) is 0 Å². The molecule has 0 radical (unpaired) electrons. The van der Waals surface area contributed by atoms with Gasteiger partial charge in [0.1, 0.15) is 0 Å². The van der Waals surface area contributed by atoms with E-state index in [0.29, 0.717) is 22.3 Å². The molecule has 4 amide bonds. The van der Waals surface area contributed by atoms with Gasteiger partial charge in [0.15, 0.2) is 0 Å². The number of rotatable bonds is 4. The second-order valence-electron chi connectivity index (χ2n) is 17.1. The van der Waals surface area contributed by atoms with E-state index in [2.05, 4.69) is 34.1 Å². The Labute approximate surface area is 315 Å². The van der Waals surface area contributed by atoms with E-state index in [4.69, 9.17) is 0 Å². The fourth-order valence-corrected chi connectivity index (χ4v) is 11.6. The van der Waals surface area contributed by atoms with Gasteiger partial charge in [-0.05, 0) is 105 Å². The Balaban J connectivity index is 1.26. The van der Waals surface area contributed by atoms with E-state index in [0.717, 1.165) is 171 Å². The minimum absolute atomic E-state index is 0.0641. The lowest BCUT2D eigenvalue weighted by Gasteiger charge is -2.39. The number of imide groups is 2. The van der Waals surface area contributed by atoms with Crippen molar-refractivity contribution in [2.24, 2.45) is 0 Å². The number of benzene rings is 5. The summed E-state index contributed by atoms with van der Waals surface area (Å²) in [6, 6.07) is 12.2. The highest BCUT2D eigenvalue weighted by molar-refractivity contribution is 6.44. The number of anilines is 2. The Kier molecular flexibility index (Phi) is 7.51. The number of piperidine rings is 2. The molecule has 54 heavy (non-hydrogen) atoms. The minimum atomic E-state index is -0.175. The van der Waals surface area contributed by atoms with Crippen molar-refractivity contribution in [1.82, 2.24) is 9.80 Å². The van der Waals surface area contributed by atoms with Gasteiger partial charge in [-0.1, -0.05) is 50.7 Å². The van der Waals surface area contributed by atoms with Crippen LogP contribution in [0.2, 0.25) is 0 Å². The molecule has 0 spiro atoms. The SMILES string of the molecule is O=C1c2ccc3c4c(N5CCCCC5)cc5c6c(cc(N7CCCCC7)c(c7ccc(c2c37)C(=O)N1C1CCCCC1)c64)C(=O)N(C1CCCCC1)C5=O. The van der Waals surface area contributed by atoms with Crippen molar-refractivity contribution in [2.45, 2.75) is 115 Å². The molecule has 2 saturated carbocycles. The van der Waals surface area contributed by atoms with Gasteiger partial charge in [0.2, 0.25) is 0 Å². The van der Waals surface area contributed by atoms with E-state index in [9.17, 15) is 19.2 Å². The van der Waals surface area contributed by atoms with Crippen molar-refractivity contribution in [2.75, 3.05) is 36.0 Å². The van der Waals surface area contributed by atoms with Crippen LogP contribution < -0.4 is 9.80 Å². The summed E-state index contributed by atoms with van der Waals surface area (Å²) in [5.74, 6) is -0.664. The van der Waals surface area contributed by atoms with Gasteiger partial charge < -0.3 is 9.80 Å². The first-order valence-electron chi connectivity index (χ1n) is 21.0. The summed E-state index contributed by atoms with van der Waals surface area (Å²) in [7, 11) is 0. The maximum Gasteiger partial charge on any atom is 0.261 e. The van der Waals surface area contributed by atoms with Crippen LogP contribution in [-0.4, -0.2) is 71.7 Å². The van der Waals surface area contributed by atoms with Crippen LogP contribution in [0, 0.1) is 0 Å². The molecule has 5 aromatic carbocycles. The van der Waals surface area contributed by atoms with Crippen LogP contribution in [0.15, 0.2) is 36.4 Å². The molecule has 276 valence electrons. The van der Waals surface area contributed by atoms with Gasteiger partial charge in [-0.15, -0.1) is 0 Å². The summed E-state index contributed by atoms with van der Waals surface area (Å²) in [6.45, 7) is 3.58. The second-order valence-corrected chi connectivity index (χ2v) is 17.1. The molecule has 0 N–H and O–H groups in total. The van der Waals surface area contributed by atoms with Crippen LogP contribution >= 0.6 is 0 Å². The molecule has 0 unspecified atom stereocenters. The van der Waals surface area contributed by atoms with E-state index in [-0.39, 0.29) is 35.7 Å². The van der Waals surface area contributed by atoms with E-state index in [1.807, 2.05) is 12.1 Å². The molecule has 2 saturated heterocycles. The lowest BCUT2D eigenvalue weighted by molar-refractivity contribution is 0.0487. The lowest BCUT2D eigenvalue weighted by atomic mass is 9.79. The van der Waals surface area contributed by atoms with Crippen molar-refractivity contribution in [3.05, 3.63) is 58.7 Å². The van der Waals surface area contributed by atoms with E-state index in [1.165, 1.54) is 12.8 Å². The van der Waals surface area contributed by atoms with Gasteiger partial charge in [-0.2, -0.15) is 0 Å². The van der Waals surface area contributed by atoms with Gasteiger partial charge in [-0.25, -0.2) is 0 Å². The number of hydrogen-bond donors (Lipinski definition) is 0. The quantitative estimate of drug-likeness (QED) is 0.105. The Morgan fingerprint density at radius 1 is 0.370 bits per heavy atom. The Morgan fingerprint density at radius 3 is 1.17 bits per heavy atom. The summed E-state index contributed by atoms with van der Waals surface area (Å²) in [5.41, 5.74) is 4.58. The number of amides is 4. The van der Waals surface area contributed by atoms with Crippen LogP contribution in [0.25, 0.3) is 43.1 Å². The zero-order valence-corrected chi connectivity index (χ0v) is 31.2. The lowest BCUT2D eigenvalue weighted by Crippen LogP contribution is -2.48. The fraction of sp³-hybridized carbons (Fsp3) is 0.478. The number of nitrogens with zero attached hydrogens (tertiary/aromatic N) is 4. The molecule has 0 atom stereocenters. The topological polar surface area (TPSA) is 81.2 Å². The summed E-state index contributed by atoms with van der Waals surface area (Å²) < 4.78 is 0. The Bertz CT molecular complexity index is 2290. The van der Waals surface area contributed by atoms with Gasteiger partial charge in [0.05, 0.1) is 11.1 Å². The average Bonchev–Trinajstić information content (AvgIpc) is 3.22. The summed E-state index contributed by atoms with van der Waals surface area (Å²) in [4.78, 5) is 66.8. The summed E-state index contributed by atoms with van der Waals surface area (Å²) in [6.07, 6.45) is 16.5. The normalized spacial score (nSPS) is 21.9. The van der Waals surface area contributed by atoms with Crippen molar-refractivity contribution < 1.29 is 19.2 Å². The highest BCUT2D eigenvalue weighted by Gasteiger charge is 2.43. The molecular formula is C46H48N4O4. The van der Waals surface area contributed by atoms with E-state index < -0.39 is 0 Å². The monoisotopic (exact) mass is 720 g/mol. The van der Waals surface area contributed by atoms with Crippen molar-refractivity contribution in [1.29, 1.82) is 0 Å². The molecule has 2 aliphatic carbocycles. The first kappa shape index (κ1) is 32.7. The predicted octanol–water partition coefficient (Wildman–Crippen LogP) is 9.58. The molecule has 6 aliphatic rings. The maximum atomic E-state index is 14.9. The third-order valence-corrected chi connectivity index (χ3v) is 14.1. The number of hydrogen-bond acceptors (Lipinski definition) is 6. The first-order chi connectivity index (χ1) is 26.5. The summed E-state index contributed by atoms with van der Waals surface area (Å²) in [5, 5.41) is 7.56. The van der Waals surface area contributed by atoms with E-state index in [1.54, 1.807) is 9.80 Å². The van der Waals surface area contributed by atoms with Crippen LogP contribution in [0.4, 0.5) is 11.4 Å². The highest BCUT2D eigenvalue weighted by Crippen LogP contribution is 2.53. The second kappa shape index (κ2) is 12.4. The molecule has 0 bridgehead atoms. The van der Waals surface area contributed by atoms with Gasteiger partial charge in [0.25, 0.3) is 23.6 Å². The smallest absolute Gasteiger partial charge is 0.261 e. The Hall–Kier alpha value is -4.72. The molecule has 11 rings (SSSR count). The molecular weight excluding hydrogens is 673 g/mol. The number of fused-ring (bicyclic) bond motifs is 2. The molecule has 8 heteroatoms. The molecule has 8 nitrogen and oxygen atoms in total. The van der Waals surface area contributed by atoms with Crippen molar-refractivity contribution >= 4 is 78.1 Å². The fourth-order valence-electron chi connectivity index (χ4n) is 11.6. The molecule has 5 aromatic rings. The molecule has 4 aliphatic heterocycles. The third kappa shape index (κ3) is 4.54. The Morgan fingerprint density at radius 2 is 0.741 bits per heavy atom. The number of carbonyl (C=O) groups excluding carboxylic acids is 4. The van der Waals surface area contributed by atoms with Crippen LogP contribution in [0.3, 0.4) is 0 Å². The number of carbonyl (C=O) groups is 4. The maximum absolute atomic E-state index is 14.9. The van der Waals surface area contributed by atoms with Crippen LogP contribution in [-0.2, 0) is 0 Å². The summed E-state index contributed by atoms with van der Waals surface area (Å²) >= 11 is 0. The predicted molar refractivity (Wildman–Crippen MR) is 215 cm³/mol. The minimum Gasteiger partial charge on any atom is -0.371 e. The molecule has 4 fully saturated rings. The zero-order chi connectivity index (χ0) is 36.2. The standard InChI is InChI=1S/C46H48N4O4/c51-43-31-19-17-29-37-30(18-20-32(38(31)37)44(52)49(43)27-13-5-1-6-14-27)41-36(48-23-11-4-12-24-48)26-34-39-33(45(53)50(46(34)54)28-15-7-2-8-16-28)25-35(40(29)42(39)41)47-21-9-3-10-22-47/h17-20,25-28H,1-16,21-24H2. The van der Waals surface area contributed by atoms with Crippen molar-refractivity contribution in [3.63, 3.8) is 0 Å². The van der Waals surface area contributed by atoms with Crippen LogP contribution in [0.1, 0.15) is 144 Å². The first-order valence-corrected chi connectivity index (χ1v) is 21.0. The third-order valence-electron chi connectivity index (χ3n) is 14.1. The zero-order valence-electron chi connectivity index (χ0n) is 31.2. The van der Waals surface area contributed by atoms with Gasteiger partial charge in [0, 0.05) is 87.7 Å². The van der Waals surface area contributed by atoms with Gasteiger partial charge in [-0.3, -0.25) is 29.0 Å². The van der Waals surface area contributed by atoms with Crippen molar-refractivity contribution in [3.8, 4) is 0 Å². The van der Waals surface area contributed by atoms with Gasteiger partial charge >= 0.3 is 0 Å².